The van der Waals surface area contributed by atoms with E-state index in [1.807, 2.05) is 0 Å². The summed E-state index contributed by atoms with van der Waals surface area (Å²) in [6.45, 7) is 0.385. The first-order valence-corrected chi connectivity index (χ1v) is 10.4. The number of hydrogen-bond acceptors (Lipinski definition) is 6. The van der Waals surface area contributed by atoms with Gasteiger partial charge in [-0.2, -0.15) is 0 Å². The summed E-state index contributed by atoms with van der Waals surface area (Å²) in [6, 6.07) is 10.1. The Labute approximate surface area is 184 Å². The van der Waals surface area contributed by atoms with Crippen molar-refractivity contribution in [2.24, 2.45) is 0 Å². The maximum Gasteiger partial charge on any atom is 0.265 e. The minimum atomic E-state index is -0.465. The van der Waals surface area contributed by atoms with Crippen LogP contribution in [0.5, 0.6) is 11.5 Å². The van der Waals surface area contributed by atoms with E-state index in [2.05, 4.69) is 5.32 Å². The van der Waals surface area contributed by atoms with Crippen molar-refractivity contribution in [3.05, 3.63) is 53.8 Å². The van der Waals surface area contributed by atoms with Gasteiger partial charge in [0, 0.05) is 24.8 Å². The first-order chi connectivity index (χ1) is 15.5. The fraction of sp³-hybridized carbons (Fsp3) is 0.348. The summed E-state index contributed by atoms with van der Waals surface area (Å²) in [4.78, 5) is 38.7. The Morgan fingerprint density at radius 2 is 2.09 bits per heavy atom. The second kappa shape index (κ2) is 9.78. The molecule has 1 N–H and O–H groups in total. The number of nitrogens with zero attached hydrogens (tertiary/aromatic N) is 1. The molecule has 2 aliphatic heterocycles. The van der Waals surface area contributed by atoms with Gasteiger partial charge in [0.2, 0.25) is 5.91 Å². The lowest BCUT2D eigenvalue weighted by Gasteiger charge is -2.29. The molecule has 8 nitrogen and oxygen atoms in total. The zero-order chi connectivity index (χ0) is 22.5. The number of halogens is 1. The molecule has 1 atom stereocenters. The molecule has 2 aromatic rings. The molecule has 4 rings (SSSR count). The minimum Gasteiger partial charge on any atom is -0.485 e. The second-order valence-corrected chi connectivity index (χ2v) is 7.56. The molecule has 0 spiro atoms. The largest absolute Gasteiger partial charge is 0.485 e. The third-order valence-corrected chi connectivity index (χ3v) is 5.24. The van der Waals surface area contributed by atoms with Crippen LogP contribution in [-0.4, -0.2) is 56.6 Å². The van der Waals surface area contributed by atoms with Crippen molar-refractivity contribution in [3.8, 4) is 11.5 Å². The Morgan fingerprint density at radius 1 is 1.22 bits per heavy atom. The van der Waals surface area contributed by atoms with Crippen molar-refractivity contribution >= 4 is 23.3 Å². The van der Waals surface area contributed by atoms with Crippen LogP contribution in [-0.2, 0) is 14.3 Å². The van der Waals surface area contributed by atoms with Crippen molar-refractivity contribution in [1.29, 1.82) is 0 Å². The van der Waals surface area contributed by atoms with E-state index in [1.54, 1.807) is 18.2 Å². The highest BCUT2D eigenvalue weighted by Gasteiger charge is 2.28. The molecule has 168 valence electrons. The van der Waals surface area contributed by atoms with Crippen LogP contribution < -0.4 is 19.7 Å². The number of Topliss-reactive ketones (excluding diaryl/α,β-unsaturated/α-hetero) is 1. The number of benzene rings is 2. The van der Waals surface area contributed by atoms with Crippen LogP contribution in [0.2, 0.25) is 0 Å². The number of hydrogen-bond donors (Lipinski definition) is 1. The molecule has 1 saturated heterocycles. The Kier molecular flexibility index (Phi) is 6.65. The van der Waals surface area contributed by atoms with Gasteiger partial charge in [-0.15, -0.1) is 0 Å². The lowest BCUT2D eigenvalue weighted by atomic mass is 10.1. The average Bonchev–Trinajstić information content (AvgIpc) is 3.31. The lowest BCUT2D eigenvalue weighted by Crippen LogP contribution is -2.46. The van der Waals surface area contributed by atoms with Crippen LogP contribution in [0.25, 0.3) is 0 Å². The van der Waals surface area contributed by atoms with E-state index in [0.29, 0.717) is 24.6 Å². The van der Waals surface area contributed by atoms with E-state index < -0.39 is 5.82 Å². The van der Waals surface area contributed by atoms with E-state index in [-0.39, 0.29) is 54.8 Å². The smallest absolute Gasteiger partial charge is 0.265 e. The zero-order valence-electron chi connectivity index (χ0n) is 17.3. The first kappa shape index (κ1) is 21.8. The van der Waals surface area contributed by atoms with E-state index in [9.17, 15) is 18.8 Å². The number of anilines is 1. The maximum absolute atomic E-state index is 13.3. The SMILES string of the molecule is O=C(CN1C(=O)COc2ccc(C(=O)COc3cccc(F)c3)cc21)NCC1CCCO1. The molecule has 0 bridgehead atoms. The number of rotatable bonds is 8. The standard InChI is InChI=1S/C23H23FN2O6/c24-16-3-1-4-17(10-16)31-13-20(27)15-6-7-21-19(9-15)26(23(29)14-32-21)12-22(28)25-11-18-5-2-8-30-18/h1,3-4,6-7,9-10,18H,2,5,8,11-14H2,(H,25,28). The number of amides is 2. The second-order valence-electron chi connectivity index (χ2n) is 7.56. The quantitative estimate of drug-likeness (QED) is 0.630. The first-order valence-electron chi connectivity index (χ1n) is 10.4. The van der Waals surface area contributed by atoms with Crippen molar-refractivity contribution in [2.45, 2.75) is 18.9 Å². The average molecular weight is 442 g/mol. The molecule has 1 fully saturated rings. The van der Waals surface area contributed by atoms with Crippen molar-refractivity contribution < 1.29 is 33.0 Å². The van der Waals surface area contributed by atoms with Crippen LogP contribution >= 0.6 is 0 Å². The van der Waals surface area contributed by atoms with Gasteiger partial charge in [-0.1, -0.05) is 6.07 Å². The van der Waals surface area contributed by atoms with Crippen LogP contribution in [0.15, 0.2) is 42.5 Å². The van der Waals surface area contributed by atoms with Crippen LogP contribution in [0.1, 0.15) is 23.2 Å². The summed E-state index contributed by atoms with van der Waals surface area (Å²) in [5.74, 6) is -0.901. The summed E-state index contributed by atoms with van der Waals surface area (Å²) in [7, 11) is 0. The van der Waals surface area contributed by atoms with Gasteiger partial charge in [-0.25, -0.2) is 4.39 Å². The van der Waals surface area contributed by atoms with E-state index in [0.717, 1.165) is 12.8 Å². The molecule has 0 saturated carbocycles. The molecular formula is C23H23FN2O6. The third-order valence-electron chi connectivity index (χ3n) is 5.24. The van der Waals surface area contributed by atoms with Gasteiger partial charge in [-0.3, -0.25) is 19.3 Å². The number of fused-ring (bicyclic) bond motifs is 1. The number of carbonyl (C=O) groups is 3. The fourth-order valence-corrected chi connectivity index (χ4v) is 3.57. The number of ketones is 1. The Bertz CT molecular complexity index is 1020. The summed E-state index contributed by atoms with van der Waals surface area (Å²) in [6.07, 6.45) is 1.85. The molecule has 2 amide bonds. The molecule has 1 unspecified atom stereocenters. The fourth-order valence-electron chi connectivity index (χ4n) is 3.57. The summed E-state index contributed by atoms with van der Waals surface area (Å²) in [5.41, 5.74) is 0.619. The van der Waals surface area contributed by atoms with Gasteiger partial charge in [0.15, 0.2) is 19.0 Å². The van der Waals surface area contributed by atoms with E-state index >= 15 is 0 Å². The van der Waals surface area contributed by atoms with Gasteiger partial charge in [0.05, 0.1) is 11.8 Å². The van der Waals surface area contributed by atoms with Gasteiger partial charge in [0.1, 0.15) is 23.9 Å². The predicted octanol–water partition coefficient (Wildman–Crippen LogP) is 2.11. The summed E-state index contributed by atoms with van der Waals surface area (Å²) >= 11 is 0. The molecule has 2 aliphatic rings. The Balaban J connectivity index is 1.42. The summed E-state index contributed by atoms with van der Waals surface area (Å²) < 4.78 is 29.6. The highest BCUT2D eigenvalue weighted by molar-refractivity contribution is 6.04. The molecular weight excluding hydrogens is 419 g/mol. The Hall–Kier alpha value is -3.46. The predicted molar refractivity (Wildman–Crippen MR) is 112 cm³/mol. The monoisotopic (exact) mass is 442 g/mol. The van der Waals surface area contributed by atoms with Gasteiger partial charge < -0.3 is 19.5 Å². The van der Waals surface area contributed by atoms with Gasteiger partial charge in [-0.05, 0) is 43.2 Å². The molecule has 2 heterocycles. The molecule has 32 heavy (non-hydrogen) atoms. The minimum absolute atomic E-state index is 0.00561. The Morgan fingerprint density at radius 3 is 2.88 bits per heavy atom. The van der Waals surface area contributed by atoms with Crippen LogP contribution in [0, 0.1) is 5.82 Å². The van der Waals surface area contributed by atoms with Gasteiger partial charge >= 0.3 is 0 Å². The van der Waals surface area contributed by atoms with E-state index in [1.165, 1.54) is 29.2 Å². The molecule has 9 heteroatoms. The van der Waals surface area contributed by atoms with Crippen molar-refractivity contribution in [2.75, 3.05) is 37.8 Å². The normalized spacial score (nSPS) is 17.5. The molecule has 0 aromatic heterocycles. The highest BCUT2D eigenvalue weighted by Crippen LogP contribution is 2.33. The summed E-state index contributed by atoms with van der Waals surface area (Å²) in [5, 5.41) is 2.79. The number of carbonyl (C=O) groups excluding carboxylic acids is 3. The zero-order valence-corrected chi connectivity index (χ0v) is 17.3. The molecule has 0 aliphatic carbocycles. The van der Waals surface area contributed by atoms with Gasteiger partial charge in [0.25, 0.3) is 5.91 Å². The molecule has 2 aromatic carbocycles. The molecule has 0 radical (unpaired) electrons. The van der Waals surface area contributed by atoms with E-state index in [4.69, 9.17) is 14.2 Å². The van der Waals surface area contributed by atoms with Crippen LogP contribution in [0.3, 0.4) is 0 Å². The topological polar surface area (TPSA) is 94.2 Å². The maximum atomic E-state index is 13.3. The number of nitrogens with one attached hydrogen (secondary N) is 1. The van der Waals surface area contributed by atoms with Crippen LogP contribution in [0.4, 0.5) is 10.1 Å². The van der Waals surface area contributed by atoms with Crippen molar-refractivity contribution in [3.63, 3.8) is 0 Å². The lowest BCUT2D eigenvalue weighted by molar-refractivity contribution is -0.125. The number of ether oxygens (including phenoxy) is 3. The highest BCUT2D eigenvalue weighted by atomic mass is 19.1. The van der Waals surface area contributed by atoms with Crippen molar-refractivity contribution in [1.82, 2.24) is 5.32 Å². The third kappa shape index (κ3) is 5.23.